The summed E-state index contributed by atoms with van der Waals surface area (Å²) >= 11 is 0. The number of carbonyl (C=O) groups excluding carboxylic acids is 1. The van der Waals surface area contributed by atoms with Gasteiger partial charge >= 0.3 is 5.69 Å². The van der Waals surface area contributed by atoms with Crippen molar-refractivity contribution in [3.05, 3.63) is 69.8 Å². The van der Waals surface area contributed by atoms with Gasteiger partial charge in [0, 0.05) is 11.8 Å². The van der Waals surface area contributed by atoms with E-state index >= 15 is 0 Å². The molecule has 0 unspecified atom stereocenters. The van der Waals surface area contributed by atoms with E-state index in [1.165, 1.54) is 31.4 Å². The quantitative estimate of drug-likeness (QED) is 0.394. The van der Waals surface area contributed by atoms with Gasteiger partial charge in [-0.2, -0.15) is 5.26 Å². The average molecular weight is 323 g/mol. The third kappa shape index (κ3) is 3.96. The number of methoxy groups -OCH3 is 1. The van der Waals surface area contributed by atoms with Crippen LogP contribution in [-0.4, -0.2) is 17.9 Å². The van der Waals surface area contributed by atoms with Gasteiger partial charge in [0.05, 0.1) is 12.0 Å². The largest absolute Gasteiger partial charge is 0.490 e. The molecule has 2 aromatic carbocycles. The molecule has 120 valence electrons. The number of ether oxygens (including phenoxy) is 1. The topological polar surface area (TPSA) is 105 Å². The van der Waals surface area contributed by atoms with Crippen molar-refractivity contribution in [3.8, 4) is 11.8 Å². The van der Waals surface area contributed by atoms with Crippen LogP contribution in [0.4, 0.5) is 11.4 Å². The van der Waals surface area contributed by atoms with E-state index in [9.17, 15) is 20.2 Å². The number of benzene rings is 2. The van der Waals surface area contributed by atoms with E-state index in [0.717, 1.165) is 0 Å². The van der Waals surface area contributed by atoms with Gasteiger partial charge in [-0.1, -0.05) is 24.3 Å². The number of hydrogen-bond acceptors (Lipinski definition) is 5. The van der Waals surface area contributed by atoms with E-state index in [-0.39, 0.29) is 17.0 Å². The molecule has 0 heterocycles. The van der Waals surface area contributed by atoms with Crippen LogP contribution in [-0.2, 0) is 4.79 Å². The third-order valence-electron chi connectivity index (χ3n) is 3.11. The van der Waals surface area contributed by atoms with Crippen molar-refractivity contribution in [1.82, 2.24) is 0 Å². The van der Waals surface area contributed by atoms with Crippen LogP contribution in [0.3, 0.4) is 0 Å². The summed E-state index contributed by atoms with van der Waals surface area (Å²) in [5.41, 5.74) is 0.483. The Hall–Kier alpha value is -3.66. The van der Waals surface area contributed by atoms with Gasteiger partial charge in [-0.15, -0.1) is 0 Å². The van der Waals surface area contributed by atoms with Crippen LogP contribution in [0.5, 0.6) is 5.75 Å². The molecular formula is C17H13N3O4. The summed E-state index contributed by atoms with van der Waals surface area (Å²) in [6, 6.07) is 14.6. The van der Waals surface area contributed by atoms with Gasteiger partial charge in [-0.25, -0.2) is 0 Å². The van der Waals surface area contributed by atoms with Gasteiger partial charge in [-0.05, 0) is 29.8 Å². The Morgan fingerprint density at radius 1 is 1.29 bits per heavy atom. The van der Waals surface area contributed by atoms with Crippen molar-refractivity contribution in [3.63, 3.8) is 0 Å². The molecule has 0 atom stereocenters. The standard InChI is InChI=1S/C17H13N3O4/c1-24-16-8-7-12(10-15(16)20(22)23)9-13(11-18)17(21)19-14-5-3-2-4-6-14/h2-10H,1H3,(H,19,21)/b13-9-. The van der Waals surface area contributed by atoms with E-state index in [0.29, 0.717) is 11.3 Å². The first-order chi connectivity index (χ1) is 11.5. The maximum atomic E-state index is 12.1. The van der Waals surface area contributed by atoms with E-state index in [2.05, 4.69) is 5.32 Å². The van der Waals surface area contributed by atoms with Crippen molar-refractivity contribution in [1.29, 1.82) is 5.26 Å². The first kappa shape index (κ1) is 16.7. The second-order valence-corrected chi connectivity index (χ2v) is 4.68. The second-order valence-electron chi connectivity index (χ2n) is 4.68. The van der Waals surface area contributed by atoms with Crippen LogP contribution in [0.1, 0.15) is 5.56 Å². The van der Waals surface area contributed by atoms with Crippen LogP contribution >= 0.6 is 0 Å². The molecule has 0 saturated heterocycles. The lowest BCUT2D eigenvalue weighted by atomic mass is 10.1. The highest BCUT2D eigenvalue weighted by Gasteiger charge is 2.16. The fourth-order valence-corrected chi connectivity index (χ4v) is 1.97. The molecule has 7 nitrogen and oxygen atoms in total. The lowest BCUT2D eigenvalue weighted by Gasteiger charge is -2.05. The molecule has 0 aromatic heterocycles. The zero-order valence-corrected chi connectivity index (χ0v) is 12.7. The fraction of sp³-hybridized carbons (Fsp3) is 0.0588. The van der Waals surface area contributed by atoms with Gasteiger partial charge in [0.25, 0.3) is 5.91 Å². The molecule has 0 aliphatic heterocycles. The molecule has 24 heavy (non-hydrogen) atoms. The lowest BCUT2D eigenvalue weighted by Crippen LogP contribution is -2.13. The van der Waals surface area contributed by atoms with E-state index < -0.39 is 10.8 Å². The number of nitrogens with zero attached hydrogens (tertiary/aromatic N) is 2. The summed E-state index contributed by atoms with van der Waals surface area (Å²) in [5.74, 6) is -0.494. The van der Waals surface area contributed by atoms with Crippen molar-refractivity contribution in [2.75, 3.05) is 12.4 Å². The SMILES string of the molecule is COc1ccc(/C=C(/C#N)C(=O)Nc2ccccc2)cc1[N+](=O)[O-]. The van der Waals surface area contributed by atoms with E-state index in [1.807, 2.05) is 0 Å². The average Bonchev–Trinajstić information content (AvgIpc) is 2.60. The highest BCUT2D eigenvalue weighted by molar-refractivity contribution is 6.09. The highest BCUT2D eigenvalue weighted by atomic mass is 16.6. The molecule has 0 spiro atoms. The van der Waals surface area contributed by atoms with Gasteiger partial charge in [0.15, 0.2) is 5.75 Å². The van der Waals surface area contributed by atoms with Crippen molar-refractivity contribution in [2.45, 2.75) is 0 Å². The summed E-state index contributed by atoms with van der Waals surface area (Å²) < 4.78 is 4.91. The molecule has 0 aliphatic carbocycles. The maximum absolute atomic E-state index is 12.1. The Morgan fingerprint density at radius 3 is 2.58 bits per heavy atom. The van der Waals surface area contributed by atoms with Crippen LogP contribution in [0.15, 0.2) is 54.1 Å². The number of nitro benzene ring substituents is 1. The summed E-state index contributed by atoms with van der Waals surface area (Å²) in [7, 11) is 1.33. The minimum absolute atomic E-state index is 0.101. The molecule has 2 aromatic rings. The van der Waals surface area contributed by atoms with Crippen molar-refractivity contribution < 1.29 is 14.5 Å². The first-order valence-electron chi connectivity index (χ1n) is 6.85. The molecule has 0 saturated carbocycles. The van der Waals surface area contributed by atoms with Crippen LogP contribution in [0.2, 0.25) is 0 Å². The normalized spacial score (nSPS) is 10.6. The molecule has 0 aliphatic rings. The third-order valence-corrected chi connectivity index (χ3v) is 3.11. The van der Waals surface area contributed by atoms with Crippen LogP contribution < -0.4 is 10.1 Å². The Morgan fingerprint density at radius 2 is 2.00 bits per heavy atom. The zero-order valence-electron chi connectivity index (χ0n) is 12.7. The predicted molar refractivity (Wildman–Crippen MR) is 88.3 cm³/mol. The number of hydrogen-bond donors (Lipinski definition) is 1. The number of anilines is 1. The zero-order chi connectivity index (χ0) is 17.5. The van der Waals surface area contributed by atoms with Gasteiger partial charge in [-0.3, -0.25) is 14.9 Å². The van der Waals surface area contributed by atoms with E-state index in [4.69, 9.17) is 4.74 Å². The van der Waals surface area contributed by atoms with Crippen molar-refractivity contribution in [2.24, 2.45) is 0 Å². The number of nitrogens with one attached hydrogen (secondary N) is 1. The number of para-hydroxylation sites is 1. The molecule has 2 rings (SSSR count). The summed E-state index contributed by atoms with van der Waals surface area (Å²) in [5, 5.41) is 22.8. The molecule has 1 N–H and O–H groups in total. The van der Waals surface area contributed by atoms with Crippen molar-refractivity contribution >= 4 is 23.4 Å². The Kier molecular flexibility index (Phi) is 5.26. The summed E-state index contributed by atoms with van der Waals surface area (Å²) in [6.07, 6.45) is 1.28. The van der Waals surface area contributed by atoms with Gasteiger partial charge < -0.3 is 10.1 Å². The minimum atomic E-state index is -0.595. The van der Waals surface area contributed by atoms with Crippen LogP contribution in [0.25, 0.3) is 6.08 Å². The molecular weight excluding hydrogens is 310 g/mol. The number of carbonyl (C=O) groups is 1. The molecule has 7 heteroatoms. The minimum Gasteiger partial charge on any atom is -0.490 e. The molecule has 0 bridgehead atoms. The maximum Gasteiger partial charge on any atom is 0.311 e. The highest BCUT2D eigenvalue weighted by Crippen LogP contribution is 2.28. The molecule has 1 amide bonds. The number of rotatable bonds is 5. The number of nitriles is 1. The summed E-state index contributed by atoms with van der Waals surface area (Å²) in [6.45, 7) is 0. The lowest BCUT2D eigenvalue weighted by molar-refractivity contribution is -0.385. The monoisotopic (exact) mass is 323 g/mol. The Labute approximate surface area is 137 Å². The molecule has 0 fully saturated rings. The number of amides is 1. The molecule has 0 radical (unpaired) electrons. The first-order valence-corrected chi connectivity index (χ1v) is 6.85. The number of nitro groups is 1. The summed E-state index contributed by atoms with van der Waals surface area (Å²) in [4.78, 5) is 22.6. The van der Waals surface area contributed by atoms with Crippen LogP contribution in [0, 0.1) is 21.4 Å². The van der Waals surface area contributed by atoms with E-state index in [1.54, 1.807) is 36.4 Å². The Bertz CT molecular complexity index is 839. The predicted octanol–water partition coefficient (Wildman–Crippen LogP) is 3.15. The Balaban J connectivity index is 2.30. The smallest absolute Gasteiger partial charge is 0.311 e. The fourth-order valence-electron chi connectivity index (χ4n) is 1.97. The second kappa shape index (κ2) is 7.56. The van der Waals surface area contributed by atoms with Gasteiger partial charge in [0.1, 0.15) is 11.6 Å². The van der Waals surface area contributed by atoms with Gasteiger partial charge in [0.2, 0.25) is 0 Å².